The Hall–Kier alpha value is -1.54. The first-order chi connectivity index (χ1) is 12.4. The molecule has 0 aromatic heterocycles. The van der Waals surface area contributed by atoms with E-state index in [1.807, 2.05) is 32.2 Å². The van der Waals surface area contributed by atoms with Gasteiger partial charge in [0, 0.05) is 12.2 Å². The zero-order valence-electron chi connectivity index (χ0n) is 16.4. The molecule has 2 rings (SSSR count). The fourth-order valence-corrected chi connectivity index (χ4v) is 2.55. The maximum Gasteiger partial charge on any atom is 0.294 e. The third-order valence-corrected chi connectivity index (χ3v) is 5.16. The molecule has 1 aliphatic heterocycles. The molecule has 1 aromatic rings. The Bertz CT molecular complexity index is 756. The van der Waals surface area contributed by atoms with Gasteiger partial charge in [-0.1, -0.05) is 29.3 Å². The van der Waals surface area contributed by atoms with Crippen LogP contribution in [0.5, 0.6) is 0 Å². The van der Waals surface area contributed by atoms with Gasteiger partial charge in [-0.05, 0) is 65.6 Å². The minimum Gasteiger partial charge on any atom is -0.492 e. The molecule has 0 aliphatic carbocycles. The van der Waals surface area contributed by atoms with Crippen LogP contribution in [0.15, 0.2) is 53.3 Å². The van der Waals surface area contributed by atoms with Gasteiger partial charge in [0.2, 0.25) is 0 Å². The molecule has 6 nitrogen and oxygen atoms in total. The molecule has 0 spiro atoms. The van der Waals surface area contributed by atoms with Crippen LogP contribution in [-0.4, -0.2) is 49.6 Å². The molecule has 8 heteroatoms. The monoisotopic (exact) mass is 416 g/mol. The number of alkyl halides is 1. The average Bonchev–Trinajstić information content (AvgIpc) is 2.56. The van der Waals surface area contributed by atoms with Gasteiger partial charge in [-0.15, -0.1) is 0 Å². The summed E-state index contributed by atoms with van der Waals surface area (Å²) in [5.74, 6) is 0.837. The smallest absolute Gasteiger partial charge is 0.294 e. The lowest BCUT2D eigenvalue weighted by atomic mass is 10.2. The number of benzene rings is 1. The van der Waals surface area contributed by atoms with E-state index in [2.05, 4.69) is 31.2 Å². The second-order valence-electron chi connectivity index (χ2n) is 6.84. The second kappa shape index (κ2) is 10.1. The number of nitrogens with zero attached hydrogens (tertiary/aromatic N) is 1. The Balaban J connectivity index is 0.000000289. The highest BCUT2D eigenvalue weighted by atomic mass is 35.5. The molecule has 27 heavy (non-hydrogen) atoms. The van der Waals surface area contributed by atoms with Crippen LogP contribution in [0, 0.1) is 6.92 Å². The predicted octanol–water partition coefficient (Wildman–Crippen LogP) is 3.54. The number of ether oxygens (including phenoxy) is 1. The molecule has 0 fully saturated rings. The topological polar surface area (TPSA) is 78.9 Å². The van der Waals surface area contributed by atoms with Crippen molar-refractivity contribution in [2.24, 2.45) is 0 Å². The molecule has 0 amide bonds. The molecule has 0 saturated heterocycles. The summed E-state index contributed by atoms with van der Waals surface area (Å²) < 4.78 is 35.2. The molecule has 0 radical (unpaired) electrons. The van der Waals surface area contributed by atoms with Crippen molar-refractivity contribution in [1.29, 1.82) is 0 Å². The lowest BCUT2D eigenvalue weighted by molar-refractivity contribution is 0.179. The van der Waals surface area contributed by atoms with Crippen LogP contribution in [0.1, 0.15) is 25.8 Å². The van der Waals surface area contributed by atoms with Crippen LogP contribution in [0.2, 0.25) is 0 Å². The van der Waals surface area contributed by atoms with Crippen LogP contribution in [0.25, 0.3) is 0 Å². The van der Waals surface area contributed by atoms with Crippen LogP contribution in [0.3, 0.4) is 0 Å². The normalized spacial score (nSPS) is 20.2. The van der Waals surface area contributed by atoms with Crippen LogP contribution < -0.4 is 5.32 Å². The zero-order chi connectivity index (χ0) is 20.7. The summed E-state index contributed by atoms with van der Waals surface area (Å²) in [5.41, 5.74) is 0.956. The van der Waals surface area contributed by atoms with E-state index < -0.39 is 15.1 Å². The minimum absolute atomic E-state index is 0.0666. The fourth-order valence-electron chi connectivity index (χ4n) is 1.95. The van der Waals surface area contributed by atoms with Gasteiger partial charge >= 0.3 is 0 Å². The van der Waals surface area contributed by atoms with Gasteiger partial charge in [-0.25, -0.2) is 0 Å². The summed E-state index contributed by atoms with van der Waals surface area (Å²) in [6.45, 7) is 6.64. The molecule has 0 saturated carbocycles. The third-order valence-electron chi connectivity index (χ3n) is 4.06. The van der Waals surface area contributed by atoms with Crippen molar-refractivity contribution in [1.82, 2.24) is 10.2 Å². The summed E-state index contributed by atoms with van der Waals surface area (Å²) in [4.78, 5) is 1.63. The van der Waals surface area contributed by atoms with Crippen LogP contribution >= 0.6 is 11.6 Å². The number of hydrogen-bond acceptors (Lipinski definition) is 5. The molecule has 2 N–H and O–H groups in total. The van der Waals surface area contributed by atoms with E-state index >= 15 is 0 Å². The summed E-state index contributed by atoms with van der Waals surface area (Å²) in [6.07, 6.45) is 6.62. The Morgan fingerprint density at radius 2 is 1.89 bits per heavy atom. The van der Waals surface area contributed by atoms with E-state index in [9.17, 15) is 8.42 Å². The van der Waals surface area contributed by atoms with Crippen molar-refractivity contribution in [3.8, 4) is 0 Å². The highest BCUT2D eigenvalue weighted by molar-refractivity contribution is 7.85. The Morgan fingerprint density at radius 3 is 2.33 bits per heavy atom. The van der Waals surface area contributed by atoms with Gasteiger partial charge in [0.05, 0.1) is 11.5 Å². The number of rotatable bonds is 6. The van der Waals surface area contributed by atoms with Gasteiger partial charge in [0.1, 0.15) is 10.8 Å². The molecular formula is C19H29ClN2O4S. The van der Waals surface area contributed by atoms with Crippen molar-refractivity contribution in [2.45, 2.75) is 43.1 Å². The van der Waals surface area contributed by atoms with Crippen molar-refractivity contribution in [3.63, 3.8) is 0 Å². The van der Waals surface area contributed by atoms with Crippen molar-refractivity contribution >= 4 is 21.7 Å². The highest BCUT2D eigenvalue weighted by Crippen LogP contribution is 2.18. The van der Waals surface area contributed by atoms with E-state index in [0.717, 1.165) is 24.4 Å². The third kappa shape index (κ3) is 9.28. The molecule has 0 bridgehead atoms. The average molecular weight is 417 g/mol. The molecule has 152 valence electrons. The van der Waals surface area contributed by atoms with Gasteiger partial charge in [0.15, 0.2) is 0 Å². The van der Waals surface area contributed by atoms with E-state index in [1.54, 1.807) is 12.1 Å². The first kappa shape index (κ1) is 23.5. The Kier molecular flexibility index (Phi) is 8.81. The summed E-state index contributed by atoms with van der Waals surface area (Å²) >= 11 is 6.06. The molecule has 1 heterocycles. The fraction of sp³-hybridized carbons (Fsp3) is 0.474. The standard InChI is InChI=1S/C12H21ClN2O.C7H8O3S/c1-10(15(3)4)6-8-16-11-5-7-12(2,13)14-9-11;1-6-2-4-7(5-3-6)11(8,9)10/h5,7,9-10,14H,6,8H2,1-4H3;2-5H,1H3,(H,8,9,10). The van der Waals surface area contributed by atoms with Crippen molar-refractivity contribution in [3.05, 3.63) is 53.9 Å². The molecule has 2 unspecified atom stereocenters. The predicted molar refractivity (Wildman–Crippen MR) is 109 cm³/mol. The number of halogens is 1. The Morgan fingerprint density at radius 1 is 1.30 bits per heavy atom. The SMILES string of the molecule is CC(CCOC1=CNC(C)(Cl)C=C1)N(C)C.Cc1ccc(S(=O)(=O)O)cc1. The number of nitrogens with one attached hydrogen (secondary N) is 1. The molecule has 2 atom stereocenters. The molecular weight excluding hydrogens is 388 g/mol. The van der Waals surface area contributed by atoms with Crippen LogP contribution in [0.4, 0.5) is 0 Å². The maximum atomic E-state index is 10.5. The lowest BCUT2D eigenvalue weighted by Crippen LogP contribution is -2.32. The lowest BCUT2D eigenvalue weighted by Gasteiger charge is -2.24. The number of allylic oxidation sites excluding steroid dienone is 1. The number of hydrogen-bond donors (Lipinski definition) is 2. The summed E-state index contributed by atoms with van der Waals surface area (Å²) in [6, 6.07) is 6.51. The quantitative estimate of drug-likeness (QED) is 0.419. The van der Waals surface area contributed by atoms with Gasteiger partial charge < -0.3 is 15.0 Å². The minimum atomic E-state index is -4.02. The highest BCUT2D eigenvalue weighted by Gasteiger charge is 2.18. The van der Waals surface area contributed by atoms with E-state index in [4.69, 9.17) is 20.9 Å². The van der Waals surface area contributed by atoms with Crippen molar-refractivity contribution < 1.29 is 17.7 Å². The first-order valence-corrected chi connectivity index (χ1v) is 10.4. The first-order valence-electron chi connectivity index (χ1n) is 8.60. The van der Waals surface area contributed by atoms with Crippen molar-refractivity contribution in [2.75, 3.05) is 20.7 Å². The van der Waals surface area contributed by atoms with E-state index in [0.29, 0.717) is 6.04 Å². The number of dihydropyridines is 1. The van der Waals surface area contributed by atoms with Gasteiger partial charge in [-0.2, -0.15) is 8.42 Å². The van der Waals surface area contributed by atoms with Gasteiger partial charge in [-0.3, -0.25) is 4.55 Å². The molecule has 1 aromatic carbocycles. The van der Waals surface area contributed by atoms with Gasteiger partial charge in [0.25, 0.3) is 10.1 Å². The Labute approximate surface area is 167 Å². The van der Waals surface area contributed by atoms with E-state index in [1.165, 1.54) is 12.1 Å². The summed E-state index contributed by atoms with van der Waals surface area (Å²) in [5, 5.41) is 3.05. The van der Waals surface area contributed by atoms with Crippen LogP contribution in [-0.2, 0) is 14.9 Å². The summed E-state index contributed by atoms with van der Waals surface area (Å²) in [7, 11) is 0.129. The second-order valence-corrected chi connectivity index (χ2v) is 9.04. The largest absolute Gasteiger partial charge is 0.492 e. The zero-order valence-corrected chi connectivity index (χ0v) is 18.0. The van der Waals surface area contributed by atoms with E-state index in [-0.39, 0.29) is 4.90 Å². The maximum absolute atomic E-state index is 10.5. The number of aryl methyl sites for hydroxylation is 1. The molecule has 1 aliphatic rings.